The summed E-state index contributed by atoms with van der Waals surface area (Å²) in [4.78, 5) is 19.4. The number of esters is 1. The van der Waals surface area contributed by atoms with Gasteiger partial charge in [-0.15, -0.1) is 0 Å². The zero-order valence-electron chi connectivity index (χ0n) is 23.9. The fourth-order valence-electron chi connectivity index (χ4n) is 4.55. The van der Waals surface area contributed by atoms with Gasteiger partial charge in [0.2, 0.25) is 0 Å². The van der Waals surface area contributed by atoms with Crippen molar-refractivity contribution < 1.29 is 38.1 Å². The number of carbonyl (C=O) groups is 1. The molecule has 0 saturated carbocycles. The first-order valence-corrected chi connectivity index (χ1v) is 15.2. The molecule has 0 bridgehead atoms. The number of fused-ring (bicyclic) bond motifs is 1. The summed E-state index contributed by atoms with van der Waals surface area (Å²) in [5.74, 6) is -0.219. The molecule has 232 valence electrons. The zero-order chi connectivity index (χ0) is 31.2. The highest BCUT2D eigenvalue weighted by Gasteiger charge is 2.56. The number of aliphatic hydroxyl groups is 2. The maximum atomic E-state index is 14.0. The van der Waals surface area contributed by atoms with E-state index in [1.807, 2.05) is 13.8 Å². The fraction of sp³-hybridized carbons (Fsp3) is 0.500. The molecule has 0 amide bonds. The van der Waals surface area contributed by atoms with Gasteiger partial charge in [0.15, 0.2) is 11.5 Å². The molecule has 1 aliphatic heterocycles. The second-order valence-corrected chi connectivity index (χ2v) is 11.7. The number of hydrogen-bond acceptors (Lipinski definition) is 12. The van der Waals surface area contributed by atoms with Crippen molar-refractivity contribution in [3.8, 4) is 5.75 Å². The van der Waals surface area contributed by atoms with Gasteiger partial charge in [0.1, 0.15) is 41.9 Å². The number of aliphatic hydroxyl groups excluding tert-OH is 2. The number of hydrogen-bond donors (Lipinski definition) is 4. The summed E-state index contributed by atoms with van der Waals surface area (Å²) in [5.41, 5.74) is 13.7. The first kappa shape index (κ1) is 32.2. The van der Waals surface area contributed by atoms with Crippen LogP contribution in [0.25, 0.3) is 16.0 Å². The molecule has 5 N–H and O–H groups in total. The zero-order valence-corrected chi connectivity index (χ0v) is 24.8. The van der Waals surface area contributed by atoms with E-state index in [1.165, 1.54) is 29.9 Å². The van der Waals surface area contributed by atoms with Gasteiger partial charge in [-0.25, -0.2) is 14.1 Å². The van der Waals surface area contributed by atoms with E-state index < -0.39 is 50.4 Å². The van der Waals surface area contributed by atoms with Crippen molar-refractivity contribution in [3.63, 3.8) is 0 Å². The molecule has 2 aromatic heterocycles. The molecule has 0 radical (unpaired) electrons. The van der Waals surface area contributed by atoms with Crippen molar-refractivity contribution in [2.45, 2.75) is 63.7 Å². The monoisotopic (exact) mass is 618 g/mol. The Morgan fingerprint density at radius 1 is 1.28 bits per heavy atom. The van der Waals surface area contributed by atoms with Crippen LogP contribution in [0.1, 0.15) is 45.4 Å². The normalized spacial score (nSPS) is 23.9. The number of nitrogens with zero attached hydrogens (tertiary/aromatic N) is 6. The minimum atomic E-state index is -4.45. The van der Waals surface area contributed by atoms with Gasteiger partial charge in [0, 0.05) is 4.91 Å². The Morgan fingerprint density at radius 3 is 2.67 bits per heavy atom. The lowest BCUT2D eigenvalue weighted by molar-refractivity contribution is -0.146. The van der Waals surface area contributed by atoms with Crippen molar-refractivity contribution in [2.75, 3.05) is 18.9 Å². The van der Waals surface area contributed by atoms with Crippen LogP contribution in [0.15, 0.2) is 53.9 Å². The molecule has 16 nitrogen and oxygen atoms in total. The molecule has 1 aliphatic rings. The van der Waals surface area contributed by atoms with Gasteiger partial charge in [-0.2, -0.15) is 10.2 Å². The van der Waals surface area contributed by atoms with E-state index in [0.717, 1.165) is 12.8 Å². The minimum Gasteiger partial charge on any atom is -0.464 e. The molecular formula is C26H35N8O8P. The molecule has 1 fully saturated rings. The topological polar surface area (TPSA) is 229 Å². The first-order valence-electron chi connectivity index (χ1n) is 13.7. The van der Waals surface area contributed by atoms with Crippen LogP contribution < -0.4 is 15.3 Å². The third-order valence-corrected chi connectivity index (χ3v) is 8.80. The van der Waals surface area contributed by atoms with Crippen LogP contribution in [0.5, 0.6) is 5.75 Å². The molecule has 4 rings (SSSR count). The number of anilines is 1. The smallest absolute Gasteiger partial charge is 0.459 e. The number of nitrogen functional groups attached to an aromatic ring is 1. The van der Waals surface area contributed by atoms with Gasteiger partial charge in [-0.1, -0.05) is 50.0 Å². The third-order valence-electron chi connectivity index (χ3n) is 7.17. The van der Waals surface area contributed by atoms with Gasteiger partial charge in [-0.05, 0) is 42.6 Å². The average molecular weight is 619 g/mol. The molecule has 3 aromatic rings. The highest BCUT2D eigenvalue weighted by Crippen LogP contribution is 2.49. The van der Waals surface area contributed by atoms with E-state index >= 15 is 0 Å². The molecule has 2 unspecified atom stereocenters. The predicted molar refractivity (Wildman–Crippen MR) is 153 cm³/mol. The summed E-state index contributed by atoms with van der Waals surface area (Å²) < 4.78 is 38.0. The summed E-state index contributed by atoms with van der Waals surface area (Å²) in [5, 5.41) is 32.3. The summed E-state index contributed by atoms with van der Waals surface area (Å²) in [7, 11) is -4.45. The molecular weight excluding hydrogens is 583 g/mol. The molecule has 17 heteroatoms. The molecule has 0 spiro atoms. The van der Waals surface area contributed by atoms with Crippen LogP contribution in [0.2, 0.25) is 0 Å². The van der Waals surface area contributed by atoms with Gasteiger partial charge >= 0.3 is 13.7 Å². The number of aromatic nitrogens is 3. The van der Waals surface area contributed by atoms with Crippen molar-refractivity contribution >= 4 is 25.1 Å². The predicted octanol–water partition coefficient (Wildman–Crippen LogP) is 3.27. The van der Waals surface area contributed by atoms with E-state index in [-0.39, 0.29) is 29.8 Å². The molecule has 1 aromatic carbocycles. The van der Waals surface area contributed by atoms with Crippen LogP contribution >= 0.6 is 7.75 Å². The summed E-state index contributed by atoms with van der Waals surface area (Å²) in [6, 6.07) is 10.0. The Kier molecular flexibility index (Phi) is 10.2. The Morgan fingerprint density at radius 2 is 2.00 bits per heavy atom. The van der Waals surface area contributed by atoms with Crippen molar-refractivity contribution in [2.24, 2.45) is 11.0 Å². The maximum Gasteiger partial charge on any atom is 0.459 e. The number of azide groups is 1. The number of benzene rings is 1. The Hall–Kier alpha value is -3.75. The van der Waals surface area contributed by atoms with Crippen molar-refractivity contribution in [1.29, 1.82) is 0 Å². The van der Waals surface area contributed by atoms with Crippen molar-refractivity contribution in [3.05, 3.63) is 64.9 Å². The van der Waals surface area contributed by atoms with E-state index in [0.29, 0.717) is 5.52 Å². The number of carbonyl (C=O) groups excluding carboxylic acids is 1. The largest absolute Gasteiger partial charge is 0.464 e. The number of para-hydroxylation sites is 1. The van der Waals surface area contributed by atoms with Crippen LogP contribution in [0, 0.1) is 5.92 Å². The summed E-state index contributed by atoms with van der Waals surface area (Å²) in [6.07, 6.45) is -1.91. The molecule has 0 aliphatic carbocycles. The molecule has 1 saturated heterocycles. The molecule has 3 heterocycles. The number of rotatable bonds is 14. The fourth-order valence-corrected chi connectivity index (χ4v) is 6.06. The van der Waals surface area contributed by atoms with E-state index in [2.05, 4.69) is 25.2 Å². The SMILES string of the molecule is CCC(CC)COC(=O)C(C)NP(=O)(OC[C@@]1(N=[N+]=[N-])O[C@@H](c2ccc3c(N)ncnn23)[C@H](O)[C@@H]1O)Oc1ccccc1. The van der Waals surface area contributed by atoms with Crippen LogP contribution in [-0.4, -0.2) is 68.0 Å². The third kappa shape index (κ3) is 7.08. The lowest BCUT2D eigenvalue weighted by atomic mass is 10.0. The Labute approximate surface area is 247 Å². The van der Waals surface area contributed by atoms with Gasteiger partial charge < -0.3 is 29.9 Å². The second kappa shape index (κ2) is 13.7. The Balaban J connectivity index is 1.58. The van der Waals surface area contributed by atoms with Crippen molar-refractivity contribution in [1.82, 2.24) is 19.7 Å². The number of ether oxygens (including phenoxy) is 2. The van der Waals surface area contributed by atoms with Crippen LogP contribution in [0.3, 0.4) is 0 Å². The van der Waals surface area contributed by atoms with E-state index in [1.54, 1.807) is 30.3 Å². The highest BCUT2D eigenvalue weighted by molar-refractivity contribution is 7.52. The quantitative estimate of drug-likeness (QED) is 0.0671. The number of nitrogens with one attached hydrogen (secondary N) is 1. The lowest BCUT2D eigenvalue weighted by Crippen LogP contribution is -2.45. The summed E-state index contributed by atoms with van der Waals surface area (Å²) >= 11 is 0. The average Bonchev–Trinajstić information content (AvgIpc) is 3.53. The molecule has 43 heavy (non-hydrogen) atoms. The minimum absolute atomic E-state index is 0.136. The lowest BCUT2D eigenvalue weighted by Gasteiger charge is -2.29. The van der Waals surface area contributed by atoms with E-state index in [4.69, 9.17) is 24.3 Å². The van der Waals surface area contributed by atoms with Gasteiger partial charge in [0.05, 0.1) is 18.9 Å². The number of nitrogens with two attached hydrogens (primary N) is 1. The van der Waals surface area contributed by atoms with Gasteiger partial charge in [0.25, 0.3) is 0 Å². The Bertz CT molecular complexity index is 1500. The summed E-state index contributed by atoms with van der Waals surface area (Å²) in [6.45, 7) is 4.74. The van der Waals surface area contributed by atoms with Crippen LogP contribution in [-0.2, 0) is 23.4 Å². The molecule has 6 atom stereocenters. The van der Waals surface area contributed by atoms with Gasteiger partial charge in [-0.3, -0.25) is 9.32 Å². The maximum absolute atomic E-state index is 14.0. The first-order chi connectivity index (χ1) is 20.6. The van der Waals surface area contributed by atoms with E-state index in [9.17, 15) is 25.1 Å². The second-order valence-electron chi connectivity index (χ2n) is 10.0. The highest BCUT2D eigenvalue weighted by atomic mass is 31.2. The standard InChI is InChI=1S/C26H35N8O8P/c1-4-17(5-2)13-39-25(37)16(3)31-43(38,42-18-9-7-6-8-10-18)40-14-26(32-33-28)23(36)21(35)22(41-26)19-11-12-20-24(27)29-15-30-34(19)20/h6-12,15-17,21-23,35-36H,4-5,13-14H2,1-3H3,(H,31,38)(H2,27,29,30)/t16?,21-,22-,23-,26+,43?/m0/s1. The van der Waals surface area contributed by atoms with Crippen LogP contribution in [0.4, 0.5) is 5.82 Å².